The molecule has 1 unspecified atom stereocenters. The van der Waals surface area contributed by atoms with E-state index in [0.29, 0.717) is 39.3 Å². The van der Waals surface area contributed by atoms with E-state index in [1.165, 1.54) is 0 Å². The van der Waals surface area contributed by atoms with Crippen LogP contribution in [-0.2, 0) is 20.7 Å². The second-order valence-electron chi connectivity index (χ2n) is 6.28. The molecule has 0 aliphatic carbocycles. The average molecular weight is 316 g/mol. The van der Waals surface area contributed by atoms with Crippen LogP contribution in [0.15, 0.2) is 30.3 Å². The Hall–Kier alpha value is -1.88. The minimum atomic E-state index is -0.0541. The molecular formula is C18H24N2O3. The van der Waals surface area contributed by atoms with Gasteiger partial charge in [-0.25, -0.2) is 0 Å². The first-order chi connectivity index (χ1) is 11.2. The van der Waals surface area contributed by atoms with Gasteiger partial charge in [-0.3, -0.25) is 9.59 Å². The maximum atomic E-state index is 12.6. The van der Waals surface area contributed by atoms with Gasteiger partial charge in [0.25, 0.3) is 0 Å². The number of benzene rings is 1. The second kappa shape index (κ2) is 7.59. The lowest BCUT2D eigenvalue weighted by Gasteiger charge is -2.36. The zero-order valence-corrected chi connectivity index (χ0v) is 13.4. The molecule has 0 bridgehead atoms. The topological polar surface area (TPSA) is 49.9 Å². The molecule has 0 aromatic heterocycles. The van der Waals surface area contributed by atoms with E-state index in [1.54, 1.807) is 0 Å². The molecule has 2 fully saturated rings. The quantitative estimate of drug-likeness (QED) is 0.845. The molecule has 5 heteroatoms. The van der Waals surface area contributed by atoms with Crippen molar-refractivity contribution in [2.75, 3.05) is 39.4 Å². The zero-order valence-electron chi connectivity index (χ0n) is 13.4. The highest BCUT2D eigenvalue weighted by Crippen LogP contribution is 2.20. The predicted molar refractivity (Wildman–Crippen MR) is 86.8 cm³/mol. The number of ether oxygens (including phenoxy) is 1. The van der Waals surface area contributed by atoms with Crippen molar-refractivity contribution in [3.8, 4) is 0 Å². The van der Waals surface area contributed by atoms with Gasteiger partial charge in [-0.1, -0.05) is 30.3 Å². The lowest BCUT2D eigenvalue weighted by atomic mass is 9.95. The lowest BCUT2D eigenvalue weighted by Crippen LogP contribution is -2.49. The molecule has 0 saturated carbocycles. The first-order valence-electron chi connectivity index (χ1n) is 8.42. The average Bonchev–Trinajstić information content (AvgIpc) is 2.63. The Morgan fingerprint density at radius 1 is 1.04 bits per heavy atom. The molecule has 1 aromatic carbocycles. The van der Waals surface area contributed by atoms with E-state index in [2.05, 4.69) is 0 Å². The van der Waals surface area contributed by atoms with Gasteiger partial charge >= 0.3 is 0 Å². The minimum Gasteiger partial charge on any atom is -0.378 e. The highest BCUT2D eigenvalue weighted by atomic mass is 16.5. The number of carbonyl (C=O) groups is 2. The van der Waals surface area contributed by atoms with Crippen LogP contribution in [0.3, 0.4) is 0 Å². The van der Waals surface area contributed by atoms with Crippen molar-refractivity contribution < 1.29 is 14.3 Å². The fourth-order valence-corrected chi connectivity index (χ4v) is 3.33. The molecule has 2 aliphatic heterocycles. The van der Waals surface area contributed by atoms with Gasteiger partial charge in [0.05, 0.1) is 25.6 Å². The Labute approximate surface area is 137 Å². The molecule has 2 saturated heterocycles. The maximum Gasteiger partial charge on any atom is 0.227 e. The maximum absolute atomic E-state index is 12.6. The number of morpholine rings is 1. The van der Waals surface area contributed by atoms with Crippen LogP contribution in [0.2, 0.25) is 0 Å². The summed E-state index contributed by atoms with van der Waals surface area (Å²) in [7, 11) is 0. The summed E-state index contributed by atoms with van der Waals surface area (Å²) >= 11 is 0. The summed E-state index contributed by atoms with van der Waals surface area (Å²) in [4.78, 5) is 28.9. The molecule has 1 atom stereocenters. The first-order valence-corrected chi connectivity index (χ1v) is 8.42. The third-order valence-electron chi connectivity index (χ3n) is 4.64. The molecule has 0 radical (unpaired) electrons. The Bertz CT molecular complexity index is 540. The van der Waals surface area contributed by atoms with Crippen LogP contribution in [0.4, 0.5) is 0 Å². The van der Waals surface area contributed by atoms with E-state index in [4.69, 9.17) is 4.74 Å². The van der Waals surface area contributed by atoms with Crippen LogP contribution in [0, 0.1) is 5.92 Å². The van der Waals surface area contributed by atoms with Crippen LogP contribution in [-0.4, -0.2) is 61.0 Å². The number of likely N-dealkylation sites (tertiary alicyclic amines) is 1. The molecule has 23 heavy (non-hydrogen) atoms. The number of piperidine rings is 1. The van der Waals surface area contributed by atoms with Crippen molar-refractivity contribution in [2.45, 2.75) is 19.3 Å². The van der Waals surface area contributed by atoms with Crippen molar-refractivity contribution in [1.82, 2.24) is 9.80 Å². The SMILES string of the molecule is O=C(Cc1ccccc1)N1CCCC(C(=O)N2CCOCC2)C1. The molecule has 0 N–H and O–H groups in total. The van der Waals surface area contributed by atoms with Crippen LogP contribution in [0.1, 0.15) is 18.4 Å². The number of carbonyl (C=O) groups excluding carboxylic acids is 2. The molecule has 5 nitrogen and oxygen atoms in total. The molecule has 1 aromatic rings. The van der Waals surface area contributed by atoms with Crippen LogP contribution in [0.25, 0.3) is 0 Å². The highest BCUT2D eigenvalue weighted by Gasteiger charge is 2.31. The van der Waals surface area contributed by atoms with Crippen LogP contribution >= 0.6 is 0 Å². The number of nitrogens with zero attached hydrogens (tertiary/aromatic N) is 2. The smallest absolute Gasteiger partial charge is 0.227 e. The molecule has 3 rings (SSSR count). The predicted octanol–water partition coefficient (Wildman–Crippen LogP) is 1.33. The standard InChI is InChI=1S/C18H24N2O3/c21-17(13-15-5-2-1-3-6-15)20-8-4-7-16(14-20)18(22)19-9-11-23-12-10-19/h1-3,5-6,16H,4,7-14H2. The first kappa shape index (κ1) is 16.0. The van der Waals surface area contributed by atoms with Gasteiger partial charge in [0.15, 0.2) is 0 Å². The van der Waals surface area contributed by atoms with E-state index in [0.717, 1.165) is 24.9 Å². The Kier molecular flexibility index (Phi) is 5.28. The molecule has 2 heterocycles. The number of hydrogen-bond acceptors (Lipinski definition) is 3. The summed E-state index contributed by atoms with van der Waals surface area (Å²) in [6.07, 6.45) is 2.20. The Morgan fingerprint density at radius 2 is 1.78 bits per heavy atom. The van der Waals surface area contributed by atoms with E-state index in [9.17, 15) is 9.59 Å². The molecule has 0 spiro atoms. The number of amides is 2. The van der Waals surface area contributed by atoms with Gasteiger partial charge in [-0.15, -0.1) is 0 Å². The normalized spacial score (nSPS) is 22.0. The van der Waals surface area contributed by atoms with Gasteiger partial charge in [0, 0.05) is 26.2 Å². The van der Waals surface area contributed by atoms with Crippen molar-refractivity contribution in [2.24, 2.45) is 5.92 Å². The highest BCUT2D eigenvalue weighted by molar-refractivity contribution is 5.82. The number of rotatable bonds is 3. The van der Waals surface area contributed by atoms with E-state index < -0.39 is 0 Å². The zero-order chi connectivity index (χ0) is 16.1. The monoisotopic (exact) mass is 316 g/mol. The molecule has 2 amide bonds. The van der Waals surface area contributed by atoms with Gasteiger partial charge in [-0.05, 0) is 18.4 Å². The van der Waals surface area contributed by atoms with E-state index in [1.807, 2.05) is 40.1 Å². The summed E-state index contributed by atoms with van der Waals surface area (Å²) in [6, 6.07) is 9.79. The number of hydrogen-bond donors (Lipinski definition) is 0. The van der Waals surface area contributed by atoms with E-state index in [-0.39, 0.29) is 17.7 Å². The third-order valence-corrected chi connectivity index (χ3v) is 4.64. The fourth-order valence-electron chi connectivity index (χ4n) is 3.33. The van der Waals surface area contributed by atoms with Crippen LogP contribution in [0.5, 0.6) is 0 Å². The summed E-state index contributed by atoms with van der Waals surface area (Å²) in [5.74, 6) is 0.253. The molecular weight excluding hydrogens is 292 g/mol. The summed E-state index contributed by atoms with van der Waals surface area (Å²) in [5, 5.41) is 0. The molecule has 124 valence electrons. The van der Waals surface area contributed by atoms with Crippen molar-refractivity contribution in [1.29, 1.82) is 0 Å². The van der Waals surface area contributed by atoms with Gasteiger partial charge in [0.1, 0.15) is 0 Å². The van der Waals surface area contributed by atoms with Gasteiger partial charge in [0.2, 0.25) is 11.8 Å². The summed E-state index contributed by atoms with van der Waals surface area (Å²) in [5.41, 5.74) is 1.03. The van der Waals surface area contributed by atoms with E-state index >= 15 is 0 Å². The Morgan fingerprint density at radius 3 is 2.52 bits per heavy atom. The van der Waals surface area contributed by atoms with Gasteiger partial charge < -0.3 is 14.5 Å². The summed E-state index contributed by atoms with van der Waals surface area (Å²) in [6.45, 7) is 3.91. The second-order valence-corrected chi connectivity index (χ2v) is 6.28. The third kappa shape index (κ3) is 4.10. The fraction of sp³-hybridized carbons (Fsp3) is 0.556. The minimum absolute atomic E-state index is 0.0541. The van der Waals surface area contributed by atoms with Crippen LogP contribution < -0.4 is 0 Å². The van der Waals surface area contributed by atoms with Crippen molar-refractivity contribution in [3.05, 3.63) is 35.9 Å². The van der Waals surface area contributed by atoms with Crippen molar-refractivity contribution in [3.63, 3.8) is 0 Å². The van der Waals surface area contributed by atoms with Crippen molar-refractivity contribution >= 4 is 11.8 Å². The van der Waals surface area contributed by atoms with Gasteiger partial charge in [-0.2, -0.15) is 0 Å². The lowest BCUT2D eigenvalue weighted by molar-refractivity contribution is -0.143. The summed E-state index contributed by atoms with van der Waals surface area (Å²) < 4.78 is 5.30. The molecule has 2 aliphatic rings. The Balaban J connectivity index is 1.57. The largest absolute Gasteiger partial charge is 0.378 e.